The Morgan fingerprint density at radius 3 is 3.00 bits per heavy atom. The highest BCUT2D eigenvalue weighted by atomic mass is 16.5. The summed E-state index contributed by atoms with van der Waals surface area (Å²) in [6, 6.07) is 1.68. The lowest BCUT2D eigenvalue weighted by Crippen LogP contribution is -2.05. The van der Waals surface area contributed by atoms with Crippen LogP contribution in [-0.4, -0.2) is 23.3 Å². The van der Waals surface area contributed by atoms with Gasteiger partial charge in [-0.25, -0.2) is 4.79 Å². The van der Waals surface area contributed by atoms with Gasteiger partial charge in [0.2, 0.25) is 0 Å². The molecule has 4 nitrogen and oxygen atoms in total. The second-order valence-electron chi connectivity index (χ2n) is 2.29. The highest BCUT2D eigenvalue weighted by molar-refractivity contribution is 5.86. The van der Waals surface area contributed by atoms with Crippen LogP contribution in [-0.2, 0) is 11.2 Å². The van der Waals surface area contributed by atoms with Crippen molar-refractivity contribution in [2.45, 2.75) is 13.3 Å². The zero-order valence-corrected chi connectivity index (χ0v) is 7.07. The summed E-state index contributed by atoms with van der Waals surface area (Å²) >= 11 is 0. The average Bonchev–Trinajstić information content (AvgIpc) is 2.17. The fourth-order valence-corrected chi connectivity index (χ4v) is 0.805. The second kappa shape index (κ2) is 3.80. The van der Waals surface area contributed by atoms with Gasteiger partial charge in [0.25, 0.3) is 0 Å². The molecular weight excluding hydrogens is 156 g/mol. The number of hydrogen-bond acceptors (Lipinski definition) is 4. The number of carbonyl (C=O) groups is 1. The molecule has 0 spiro atoms. The maximum atomic E-state index is 11.0. The van der Waals surface area contributed by atoms with Gasteiger partial charge in [-0.15, -0.1) is 5.10 Å². The van der Waals surface area contributed by atoms with E-state index in [0.717, 1.165) is 12.0 Å². The molecule has 0 unspecified atom stereocenters. The van der Waals surface area contributed by atoms with Gasteiger partial charge in [0, 0.05) is 0 Å². The molecule has 1 rings (SSSR count). The van der Waals surface area contributed by atoms with E-state index in [-0.39, 0.29) is 5.69 Å². The van der Waals surface area contributed by atoms with Crippen molar-refractivity contribution in [2.24, 2.45) is 0 Å². The summed E-state index contributed by atoms with van der Waals surface area (Å²) in [5.41, 5.74) is 1.24. The van der Waals surface area contributed by atoms with Crippen LogP contribution in [0.15, 0.2) is 12.3 Å². The number of ether oxygens (including phenoxy) is 1. The lowest BCUT2D eigenvalue weighted by atomic mass is 10.2. The summed E-state index contributed by atoms with van der Waals surface area (Å²) < 4.78 is 4.49. The maximum Gasteiger partial charge on any atom is 0.358 e. The molecule has 0 aromatic carbocycles. The van der Waals surface area contributed by atoms with Crippen LogP contribution in [0, 0.1) is 0 Å². The van der Waals surface area contributed by atoms with Crippen molar-refractivity contribution >= 4 is 5.97 Å². The molecule has 1 heterocycles. The number of aryl methyl sites for hydroxylation is 1. The second-order valence-corrected chi connectivity index (χ2v) is 2.29. The van der Waals surface area contributed by atoms with Gasteiger partial charge in [-0.1, -0.05) is 6.92 Å². The molecule has 4 heteroatoms. The fourth-order valence-electron chi connectivity index (χ4n) is 0.805. The Labute approximate surface area is 70.6 Å². The van der Waals surface area contributed by atoms with Crippen molar-refractivity contribution in [3.05, 3.63) is 23.5 Å². The molecule has 0 aliphatic rings. The summed E-state index contributed by atoms with van der Waals surface area (Å²) in [7, 11) is 1.32. The Kier molecular flexibility index (Phi) is 2.74. The van der Waals surface area contributed by atoms with E-state index in [4.69, 9.17) is 0 Å². The first-order chi connectivity index (χ1) is 5.77. The van der Waals surface area contributed by atoms with Crippen molar-refractivity contribution in [1.29, 1.82) is 0 Å². The van der Waals surface area contributed by atoms with Crippen LogP contribution in [0.5, 0.6) is 0 Å². The van der Waals surface area contributed by atoms with Crippen molar-refractivity contribution in [3.63, 3.8) is 0 Å². The highest BCUT2D eigenvalue weighted by Gasteiger charge is 2.07. The Bertz CT molecular complexity index is 286. The van der Waals surface area contributed by atoms with E-state index in [1.165, 1.54) is 7.11 Å². The number of nitrogens with zero attached hydrogens (tertiary/aromatic N) is 2. The van der Waals surface area contributed by atoms with Gasteiger partial charge in [0.15, 0.2) is 5.69 Å². The van der Waals surface area contributed by atoms with E-state index in [0.29, 0.717) is 0 Å². The summed E-state index contributed by atoms with van der Waals surface area (Å²) in [6.45, 7) is 1.98. The zero-order chi connectivity index (χ0) is 8.97. The van der Waals surface area contributed by atoms with E-state index in [2.05, 4.69) is 14.9 Å². The number of esters is 1. The van der Waals surface area contributed by atoms with Gasteiger partial charge in [-0.05, 0) is 18.1 Å². The van der Waals surface area contributed by atoms with Gasteiger partial charge in [-0.2, -0.15) is 5.10 Å². The highest BCUT2D eigenvalue weighted by Crippen LogP contribution is 2.01. The fraction of sp³-hybridized carbons (Fsp3) is 0.375. The first-order valence-electron chi connectivity index (χ1n) is 3.67. The molecule has 0 fully saturated rings. The SMILES string of the molecule is CCc1cnnc(C(=O)OC)c1. The molecule has 0 saturated heterocycles. The number of carbonyl (C=O) groups excluding carboxylic acids is 1. The molecule has 0 amide bonds. The third-order valence-electron chi connectivity index (χ3n) is 1.51. The van der Waals surface area contributed by atoms with E-state index in [9.17, 15) is 4.79 Å². The number of aromatic nitrogens is 2. The van der Waals surface area contributed by atoms with Crippen LogP contribution < -0.4 is 0 Å². The minimum atomic E-state index is -0.446. The number of rotatable bonds is 2. The first kappa shape index (κ1) is 8.64. The number of methoxy groups -OCH3 is 1. The summed E-state index contributed by atoms with van der Waals surface area (Å²) in [5.74, 6) is -0.446. The van der Waals surface area contributed by atoms with Crippen LogP contribution in [0.2, 0.25) is 0 Å². The molecule has 1 aromatic heterocycles. The number of hydrogen-bond donors (Lipinski definition) is 0. The molecule has 64 valence electrons. The molecule has 0 aliphatic carbocycles. The molecule has 0 bridgehead atoms. The molecule has 0 atom stereocenters. The van der Waals surface area contributed by atoms with Crippen molar-refractivity contribution < 1.29 is 9.53 Å². The van der Waals surface area contributed by atoms with Crippen LogP contribution in [0.3, 0.4) is 0 Å². The topological polar surface area (TPSA) is 52.1 Å². The zero-order valence-electron chi connectivity index (χ0n) is 7.07. The van der Waals surface area contributed by atoms with Gasteiger partial charge < -0.3 is 4.74 Å². The van der Waals surface area contributed by atoms with Crippen molar-refractivity contribution in [3.8, 4) is 0 Å². The van der Waals surface area contributed by atoms with Crippen LogP contribution >= 0.6 is 0 Å². The van der Waals surface area contributed by atoms with E-state index in [1.54, 1.807) is 12.3 Å². The summed E-state index contributed by atoms with van der Waals surface area (Å²) in [5, 5.41) is 7.31. The third-order valence-corrected chi connectivity index (χ3v) is 1.51. The lowest BCUT2D eigenvalue weighted by Gasteiger charge is -1.98. The smallest absolute Gasteiger partial charge is 0.358 e. The summed E-state index contributed by atoms with van der Waals surface area (Å²) in [6.07, 6.45) is 2.46. The standard InChI is InChI=1S/C8H10N2O2/c1-3-6-4-7(8(11)12-2)10-9-5-6/h4-5H,3H2,1-2H3. The Morgan fingerprint density at radius 2 is 2.42 bits per heavy atom. The summed E-state index contributed by atoms with van der Waals surface area (Å²) in [4.78, 5) is 11.0. The third kappa shape index (κ3) is 1.78. The predicted molar refractivity (Wildman–Crippen MR) is 42.7 cm³/mol. The minimum Gasteiger partial charge on any atom is -0.464 e. The van der Waals surface area contributed by atoms with E-state index in [1.807, 2.05) is 6.92 Å². The van der Waals surface area contributed by atoms with Crippen LogP contribution in [0.1, 0.15) is 23.0 Å². The van der Waals surface area contributed by atoms with Gasteiger partial charge in [-0.3, -0.25) is 0 Å². The Morgan fingerprint density at radius 1 is 1.67 bits per heavy atom. The maximum absolute atomic E-state index is 11.0. The van der Waals surface area contributed by atoms with Gasteiger partial charge in [0.1, 0.15) is 0 Å². The van der Waals surface area contributed by atoms with Crippen LogP contribution in [0.25, 0.3) is 0 Å². The molecular formula is C8H10N2O2. The molecule has 0 radical (unpaired) electrons. The normalized spacial score (nSPS) is 9.50. The van der Waals surface area contributed by atoms with E-state index >= 15 is 0 Å². The molecule has 1 aromatic rings. The average molecular weight is 166 g/mol. The van der Waals surface area contributed by atoms with Crippen LogP contribution in [0.4, 0.5) is 0 Å². The molecule has 12 heavy (non-hydrogen) atoms. The van der Waals surface area contributed by atoms with E-state index < -0.39 is 5.97 Å². The van der Waals surface area contributed by atoms with Crippen molar-refractivity contribution in [1.82, 2.24) is 10.2 Å². The largest absolute Gasteiger partial charge is 0.464 e. The molecule has 0 aliphatic heterocycles. The minimum absolute atomic E-state index is 0.261. The molecule has 0 N–H and O–H groups in total. The Hall–Kier alpha value is -1.45. The van der Waals surface area contributed by atoms with Gasteiger partial charge in [0.05, 0.1) is 13.3 Å². The quantitative estimate of drug-likeness (QED) is 0.610. The Balaban J connectivity index is 2.93. The van der Waals surface area contributed by atoms with Crippen molar-refractivity contribution in [2.75, 3.05) is 7.11 Å². The predicted octanol–water partition coefficient (Wildman–Crippen LogP) is 0.826. The lowest BCUT2D eigenvalue weighted by molar-refractivity contribution is 0.0592. The monoisotopic (exact) mass is 166 g/mol. The molecule has 0 saturated carbocycles. The van der Waals surface area contributed by atoms with Gasteiger partial charge >= 0.3 is 5.97 Å². The first-order valence-corrected chi connectivity index (χ1v) is 3.67.